The van der Waals surface area contributed by atoms with Gasteiger partial charge in [-0.05, 0) is 32.9 Å². The Hall–Kier alpha value is -1.88. The molecule has 1 aromatic heterocycles. The molecule has 0 spiro atoms. The zero-order valence-electron chi connectivity index (χ0n) is 11.2. The second kappa shape index (κ2) is 5.40. The lowest BCUT2D eigenvalue weighted by Crippen LogP contribution is -2.12. The molecule has 0 amide bonds. The Labute approximate surface area is 115 Å². The Kier molecular flexibility index (Phi) is 3.85. The Morgan fingerprint density at radius 1 is 1.32 bits per heavy atom. The minimum atomic E-state index is -0.357. The zero-order chi connectivity index (χ0) is 14.0. The lowest BCUT2D eigenvalue weighted by molar-refractivity contribution is 0.0531. The standard InChI is InChI=1S/C14H16N2O2S/c1-4-18-13(17)12-10(3)16(14(15)19-12)11-7-5-9(2)6-8-11/h5-8,15H,4H2,1-3H3. The Morgan fingerprint density at radius 3 is 2.53 bits per heavy atom. The van der Waals surface area contributed by atoms with Crippen LogP contribution in [-0.4, -0.2) is 17.1 Å². The molecule has 19 heavy (non-hydrogen) atoms. The molecular formula is C14H16N2O2S. The quantitative estimate of drug-likeness (QED) is 0.876. The van der Waals surface area contributed by atoms with Gasteiger partial charge < -0.3 is 4.74 Å². The third-order valence-electron chi connectivity index (χ3n) is 2.82. The Balaban J connectivity index is 2.51. The molecule has 2 rings (SSSR count). The number of benzene rings is 1. The molecule has 0 radical (unpaired) electrons. The topological polar surface area (TPSA) is 55.1 Å². The molecule has 0 atom stereocenters. The number of hydrogen-bond acceptors (Lipinski definition) is 4. The van der Waals surface area contributed by atoms with Gasteiger partial charge in [-0.1, -0.05) is 29.0 Å². The van der Waals surface area contributed by atoms with Gasteiger partial charge >= 0.3 is 5.97 Å². The summed E-state index contributed by atoms with van der Waals surface area (Å²) in [5, 5.41) is 8.02. The minimum absolute atomic E-state index is 0.324. The van der Waals surface area contributed by atoms with Crippen molar-refractivity contribution in [3.05, 3.63) is 45.2 Å². The summed E-state index contributed by atoms with van der Waals surface area (Å²) in [7, 11) is 0. The van der Waals surface area contributed by atoms with Crippen LogP contribution in [0.15, 0.2) is 24.3 Å². The van der Waals surface area contributed by atoms with Crippen molar-refractivity contribution in [2.24, 2.45) is 0 Å². The molecule has 1 N–H and O–H groups in total. The predicted molar refractivity (Wildman–Crippen MR) is 74.9 cm³/mol. The SMILES string of the molecule is CCOC(=O)c1sc(=N)n(-c2ccc(C)cc2)c1C. The molecule has 0 aliphatic heterocycles. The van der Waals surface area contributed by atoms with Crippen LogP contribution in [0.3, 0.4) is 0 Å². The number of esters is 1. The van der Waals surface area contributed by atoms with E-state index in [4.69, 9.17) is 10.1 Å². The second-order valence-electron chi connectivity index (χ2n) is 4.21. The number of aromatic nitrogens is 1. The smallest absolute Gasteiger partial charge is 0.350 e. The van der Waals surface area contributed by atoms with Gasteiger partial charge in [0.05, 0.1) is 6.61 Å². The van der Waals surface area contributed by atoms with E-state index in [1.165, 1.54) is 0 Å². The number of thiazole rings is 1. The number of ether oxygens (including phenoxy) is 1. The first-order valence-corrected chi connectivity index (χ1v) is 6.87. The van der Waals surface area contributed by atoms with Gasteiger partial charge in [0, 0.05) is 11.4 Å². The van der Waals surface area contributed by atoms with Crippen LogP contribution in [0.2, 0.25) is 0 Å². The monoisotopic (exact) mass is 276 g/mol. The van der Waals surface area contributed by atoms with Crippen LogP contribution in [0.1, 0.15) is 27.9 Å². The van der Waals surface area contributed by atoms with Crippen LogP contribution in [0, 0.1) is 19.3 Å². The van der Waals surface area contributed by atoms with Crippen molar-refractivity contribution in [1.82, 2.24) is 4.57 Å². The Morgan fingerprint density at radius 2 is 1.95 bits per heavy atom. The highest BCUT2D eigenvalue weighted by molar-refractivity contribution is 7.11. The van der Waals surface area contributed by atoms with Gasteiger partial charge in [0.2, 0.25) is 0 Å². The fraction of sp³-hybridized carbons (Fsp3) is 0.286. The fourth-order valence-corrected chi connectivity index (χ4v) is 2.77. The van der Waals surface area contributed by atoms with E-state index >= 15 is 0 Å². The van der Waals surface area contributed by atoms with Gasteiger partial charge in [-0.15, -0.1) is 0 Å². The molecular weight excluding hydrogens is 260 g/mol. The normalized spacial score (nSPS) is 10.5. The highest BCUT2D eigenvalue weighted by atomic mass is 32.1. The van der Waals surface area contributed by atoms with Crippen molar-refractivity contribution < 1.29 is 9.53 Å². The third-order valence-corrected chi connectivity index (χ3v) is 3.86. The van der Waals surface area contributed by atoms with Crippen LogP contribution in [0.5, 0.6) is 0 Å². The summed E-state index contributed by atoms with van der Waals surface area (Å²) >= 11 is 1.14. The van der Waals surface area contributed by atoms with Crippen molar-refractivity contribution in [2.45, 2.75) is 20.8 Å². The number of carbonyl (C=O) groups is 1. The van der Waals surface area contributed by atoms with Crippen LogP contribution in [-0.2, 0) is 4.74 Å². The summed E-state index contributed by atoms with van der Waals surface area (Å²) in [6.07, 6.45) is 0. The maximum Gasteiger partial charge on any atom is 0.350 e. The van der Waals surface area contributed by atoms with Crippen molar-refractivity contribution in [2.75, 3.05) is 6.61 Å². The summed E-state index contributed by atoms with van der Waals surface area (Å²) in [4.78, 5) is 12.6. The van der Waals surface area contributed by atoms with Crippen LogP contribution in [0.25, 0.3) is 5.69 Å². The van der Waals surface area contributed by atoms with E-state index in [-0.39, 0.29) is 5.97 Å². The maximum absolute atomic E-state index is 11.8. The van der Waals surface area contributed by atoms with E-state index in [0.717, 1.165) is 28.3 Å². The zero-order valence-corrected chi connectivity index (χ0v) is 12.0. The third kappa shape index (κ3) is 2.61. The van der Waals surface area contributed by atoms with Crippen LogP contribution < -0.4 is 4.80 Å². The van der Waals surface area contributed by atoms with Gasteiger partial charge in [-0.3, -0.25) is 9.98 Å². The molecule has 0 aliphatic carbocycles. The van der Waals surface area contributed by atoms with Crippen molar-refractivity contribution >= 4 is 17.3 Å². The number of hydrogen-bond donors (Lipinski definition) is 1. The Bertz CT molecular complexity index is 653. The number of nitrogens with zero attached hydrogens (tertiary/aromatic N) is 1. The lowest BCUT2D eigenvalue weighted by atomic mass is 10.2. The van der Waals surface area contributed by atoms with Crippen molar-refractivity contribution in [3.63, 3.8) is 0 Å². The lowest BCUT2D eigenvalue weighted by Gasteiger charge is -2.06. The van der Waals surface area contributed by atoms with Gasteiger partial charge in [0.25, 0.3) is 0 Å². The van der Waals surface area contributed by atoms with Crippen LogP contribution >= 0.6 is 11.3 Å². The van der Waals surface area contributed by atoms with E-state index in [2.05, 4.69) is 0 Å². The first kappa shape index (κ1) is 13.5. The molecule has 0 fully saturated rings. The largest absolute Gasteiger partial charge is 0.462 e. The second-order valence-corrected chi connectivity index (χ2v) is 5.21. The summed E-state index contributed by atoms with van der Waals surface area (Å²) in [6, 6.07) is 7.87. The number of carbonyl (C=O) groups excluding carboxylic acids is 1. The summed E-state index contributed by atoms with van der Waals surface area (Å²) in [5.41, 5.74) is 2.80. The highest BCUT2D eigenvalue weighted by Gasteiger charge is 2.17. The molecule has 1 aromatic carbocycles. The van der Waals surface area contributed by atoms with Gasteiger partial charge in [-0.25, -0.2) is 4.79 Å². The molecule has 0 saturated carbocycles. The van der Waals surface area contributed by atoms with Crippen LogP contribution in [0.4, 0.5) is 0 Å². The molecule has 0 saturated heterocycles. The summed E-state index contributed by atoms with van der Waals surface area (Å²) in [5.74, 6) is -0.357. The fourth-order valence-electron chi connectivity index (χ4n) is 1.86. The summed E-state index contributed by atoms with van der Waals surface area (Å²) in [6.45, 7) is 5.96. The average Bonchev–Trinajstić information content (AvgIpc) is 2.67. The van der Waals surface area contributed by atoms with E-state index in [9.17, 15) is 4.79 Å². The average molecular weight is 276 g/mol. The molecule has 4 nitrogen and oxygen atoms in total. The highest BCUT2D eigenvalue weighted by Crippen LogP contribution is 2.18. The van der Waals surface area contributed by atoms with E-state index in [1.807, 2.05) is 38.1 Å². The molecule has 2 aromatic rings. The minimum Gasteiger partial charge on any atom is -0.462 e. The first-order valence-electron chi connectivity index (χ1n) is 6.05. The van der Waals surface area contributed by atoms with E-state index < -0.39 is 0 Å². The first-order chi connectivity index (χ1) is 9.04. The number of aryl methyl sites for hydroxylation is 1. The molecule has 1 heterocycles. The van der Waals surface area contributed by atoms with Gasteiger partial charge in [-0.2, -0.15) is 0 Å². The van der Waals surface area contributed by atoms with Gasteiger partial charge in [0.15, 0.2) is 4.80 Å². The van der Waals surface area contributed by atoms with Gasteiger partial charge in [0.1, 0.15) is 4.88 Å². The summed E-state index contributed by atoms with van der Waals surface area (Å²) < 4.78 is 6.77. The maximum atomic E-state index is 11.8. The molecule has 0 unspecified atom stereocenters. The number of nitrogens with one attached hydrogen (secondary N) is 1. The molecule has 100 valence electrons. The van der Waals surface area contributed by atoms with Crippen molar-refractivity contribution in [3.8, 4) is 5.69 Å². The van der Waals surface area contributed by atoms with Crippen molar-refractivity contribution in [1.29, 1.82) is 5.41 Å². The molecule has 0 bridgehead atoms. The van der Waals surface area contributed by atoms with E-state index in [1.54, 1.807) is 11.5 Å². The van der Waals surface area contributed by atoms with E-state index in [0.29, 0.717) is 16.3 Å². The molecule has 0 aliphatic rings. The number of rotatable bonds is 3. The molecule has 5 heteroatoms. The predicted octanol–water partition coefficient (Wildman–Crippen LogP) is 2.81.